The number of nitrogens with one attached hydrogen (secondary N) is 1. The number of halogens is 1. The molecule has 1 N–H and O–H groups in total. The first-order chi connectivity index (χ1) is 11.7. The summed E-state index contributed by atoms with van der Waals surface area (Å²) in [6.45, 7) is 12.4. The zero-order valence-corrected chi connectivity index (χ0v) is 16.5. The molecular formula is C19H29ClN2O3. The molecule has 0 unspecified atom stereocenters. The molecule has 6 heteroatoms. The lowest BCUT2D eigenvalue weighted by atomic mass is 10.00. The van der Waals surface area contributed by atoms with Crippen LogP contribution in [0.3, 0.4) is 0 Å². The number of para-hydroxylation sites is 1. The van der Waals surface area contributed by atoms with Crippen molar-refractivity contribution in [1.82, 2.24) is 10.2 Å². The second-order valence-corrected chi connectivity index (χ2v) is 7.79. The lowest BCUT2D eigenvalue weighted by molar-refractivity contribution is -0.128. The molecule has 2 rings (SSSR count). The highest BCUT2D eigenvalue weighted by molar-refractivity contribution is 6.32. The first-order valence-electron chi connectivity index (χ1n) is 8.78. The van der Waals surface area contributed by atoms with Gasteiger partial charge in [0.25, 0.3) is 5.91 Å². The Bertz CT molecular complexity index is 584. The topological polar surface area (TPSA) is 50.8 Å². The molecule has 0 spiro atoms. The van der Waals surface area contributed by atoms with Crippen LogP contribution in [-0.4, -0.2) is 54.3 Å². The molecule has 1 heterocycles. The van der Waals surface area contributed by atoms with Crippen molar-refractivity contribution in [2.45, 2.75) is 58.5 Å². The molecule has 0 aliphatic carbocycles. The smallest absolute Gasteiger partial charge is 0.260 e. The second kappa shape index (κ2) is 8.39. The molecule has 3 atom stereocenters. The summed E-state index contributed by atoms with van der Waals surface area (Å²) < 4.78 is 11.5. The van der Waals surface area contributed by atoms with Crippen LogP contribution >= 0.6 is 11.6 Å². The summed E-state index contributed by atoms with van der Waals surface area (Å²) in [5.74, 6) is 0.365. The minimum absolute atomic E-state index is 0.151. The van der Waals surface area contributed by atoms with Crippen molar-refractivity contribution in [3.63, 3.8) is 0 Å². The maximum Gasteiger partial charge on any atom is 0.260 e. The number of rotatable bonds is 6. The minimum atomic E-state index is -0.613. The van der Waals surface area contributed by atoms with Crippen molar-refractivity contribution in [3.05, 3.63) is 29.3 Å². The summed E-state index contributed by atoms with van der Waals surface area (Å²) in [5.41, 5.74) is -0.161. The third-order valence-corrected chi connectivity index (χ3v) is 4.79. The van der Waals surface area contributed by atoms with Gasteiger partial charge >= 0.3 is 0 Å². The number of hydrogen-bond donors (Lipinski definition) is 1. The van der Waals surface area contributed by atoms with Crippen molar-refractivity contribution in [2.24, 2.45) is 0 Å². The first kappa shape index (κ1) is 20.0. The maximum absolute atomic E-state index is 12.4. The summed E-state index contributed by atoms with van der Waals surface area (Å²) >= 11 is 6.08. The zero-order valence-electron chi connectivity index (χ0n) is 15.7. The van der Waals surface area contributed by atoms with Gasteiger partial charge in [-0.15, -0.1) is 0 Å². The van der Waals surface area contributed by atoms with E-state index in [1.54, 1.807) is 19.1 Å². The Morgan fingerprint density at radius 1 is 1.36 bits per heavy atom. The average Bonchev–Trinajstić information content (AvgIpc) is 2.54. The van der Waals surface area contributed by atoms with Crippen molar-refractivity contribution >= 4 is 17.5 Å². The predicted octanol–water partition coefficient (Wildman–Crippen LogP) is 3.11. The fourth-order valence-corrected chi connectivity index (χ4v) is 3.20. The molecule has 140 valence electrons. The normalized spacial score (nSPS) is 23.1. The van der Waals surface area contributed by atoms with Gasteiger partial charge in [-0.1, -0.05) is 23.7 Å². The van der Waals surface area contributed by atoms with Gasteiger partial charge in [0.1, 0.15) is 5.75 Å². The Kier molecular flexibility index (Phi) is 6.72. The van der Waals surface area contributed by atoms with E-state index in [1.165, 1.54) is 0 Å². The van der Waals surface area contributed by atoms with Crippen LogP contribution in [0.4, 0.5) is 0 Å². The Balaban J connectivity index is 1.88. The largest absolute Gasteiger partial charge is 0.479 e. The van der Waals surface area contributed by atoms with Gasteiger partial charge in [0.05, 0.1) is 17.2 Å². The van der Waals surface area contributed by atoms with Gasteiger partial charge in [0.2, 0.25) is 0 Å². The molecule has 5 nitrogen and oxygen atoms in total. The molecule has 0 radical (unpaired) electrons. The van der Waals surface area contributed by atoms with Crippen molar-refractivity contribution in [2.75, 3.05) is 19.6 Å². The third-order valence-electron chi connectivity index (χ3n) is 4.48. The Morgan fingerprint density at radius 2 is 1.96 bits per heavy atom. The van der Waals surface area contributed by atoms with Gasteiger partial charge < -0.3 is 14.8 Å². The highest BCUT2D eigenvalue weighted by atomic mass is 35.5. The number of hydrogen-bond acceptors (Lipinski definition) is 4. The molecular weight excluding hydrogens is 340 g/mol. The number of amides is 1. The molecule has 1 fully saturated rings. The minimum Gasteiger partial charge on any atom is -0.479 e. The molecule has 1 aliphatic rings. The SMILES string of the molecule is C[C@@H]1CN(C(C)(C)CNC(=O)[C@H](C)Oc2ccccc2Cl)C[C@@H](C)O1. The summed E-state index contributed by atoms with van der Waals surface area (Å²) in [6.07, 6.45) is -0.222. The Morgan fingerprint density at radius 3 is 2.56 bits per heavy atom. The highest BCUT2D eigenvalue weighted by Gasteiger charge is 2.33. The standard InChI is InChI=1S/C19H29ClN2O3/c1-13-10-22(11-14(2)24-13)19(4,5)12-21-18(23)15(3)25-17-9-7-6-8-16(17)20/h6-9,13-15H,10-12H2,1-5H3,(H,21,23)/t13-,14-,15+/m1/s1. The summed E-state index contributed by atoms with van der Waals surface area (Å²) in [5, 5.41) is 3.50. The maximum atomic E-state index is 12.4. The average molecular weight is 369 g/mol. The molecule has 25 heavy (non-hydrogen) atoms. The van der Waals surface area contributed by atoms with E-state index < -0.39 is 6.10 Å². The van der Waals surface area contributed by atoms with Crippen molar-refractivity contribution < 1.29 is 14.3 Å². The molecule has 1 aromatic rings. The molecule has 0 bridgehead atoms. The summed E-state index contributed by atoms with van der Waals surface area (Å²) in [7, 11) is 0. The summed E-state index contributed by atoms with van der Waals surface area (Å²) in [4.78, 5) is 14.8. The van der Waals surface area contributed by atoms with Crippen LogP contribution in [0.25, 0.3) is 0 Å². The number of ether oxygens (including phenoxy) is 2. The van der Waals surface area contributed by atoms with Crippen LogP contribution in [0, 0.1) is 0 Å². The number of morpholine rings is 1. The van der Waals surface area contributed by atoms with E-state index in [1.807, 2.05) is 12.1 Å². The molecule has 1 aromatic carbocycles. The number of carbonyl (C=O) groups excluding carboxylic acids is 1. The number of nitrogens with zero attached hydrogens (tertiary/aromatic N) is 1. The molecule has 1 amide bonds. The van der Waals surface area contributed by atoms with Crippen LogP contribution in [0.5, 0.6) is 5.75 Å². The Hall–Kier alpha value is -1.30. The van der Waals surface area contributed by atoms with E-state index in [9.17, 15) is 4.79 Å². The van der Waals surface area contributed by atoms with E-state index in [-0.39, 0.29) is 23.7 Å². The highest BCUT2D eigenvalue weighted by Crippen LogP contribution is 2.24. The second-order valence-electron chi connectivity index (χ2n) is 7.38. The molecule has 1 aliphatic heterocycles. The van der Waals surface area contributed by atoms with E-state index in [0.717, 1.165) is 13.1 Å². The Labute approximate surface area is 155 Å². The quantitative estimate of drug-likeness (QED) is 0.838. The molecule has 0 aromatic heterocycles. The fourth-order valence-electron chi connectivity index (χ4n) is 3.02. The van der Waals surface area contributed by atoms with Gasteiger partial charge in [0.15, 0.2) is 6.10 Å². The van der Waals surface area contributed by atoms with Crippen molar-refractivity contribution in [3.8, 4) is 5.75 Å². The lowest BCUT2D eigenvalue weighted by Gasteiger charge is -2.45. The van der Waals surface area contributed by atoms with Gasteiger partial charge in [0, 0.05) is 25.2 Å². The fraction of sp³-hybridized carbons (Fsp3) is 0.632. The van der Waals surface area contributed by atoms with Crippen LogP contribution in [0.15, 0.2) is 24.3 Å². The van der Waals surface area contributed by atoms with E-state index >= 15 is 0 Å². The number of benzene rings is 1. The van der Waals surface area contributed by atoms with Gasteiger partial charge in [-0.05, 0) is 46.8 Å². The van der Waals surface area contributed by atoms with Crippen LogP contribution in [-0.2, 0) is 9.53 Å². The van der Waals surface area contributed by atoms with E-state index in [4.69, 9.17) is 21.1 Å². The van der Waals surface area contributed by atoms with Crippen LogP contribution < -0.4 is 10.1 Å². The number of carbonyl (C=O) groups is 1. The molecule has 0 saturated carbocycles. The monoisotopic (exact) mass is 368 g/mol. The lowest BCUT2D eigenvalue weighted by Crippen LogP contribution is -2.59. The zero-order chi connectivity index (χ0) is 18.6. The first-order valence-corrected chi connectivity index (χ1v) is 9.16. The van der Waals surface area contributed by atoms with E-state index in [2.05, 4.69) is 37.9 Å². The van der Waals surface area contributed by atoms with E-state index in [0.29, 0.717) is 17.3 Å². The van der Waals surface area contributed by atoms with Crippen LogP contribution in [0.2, 0.25) is 5.02 Å². The molecule has 1 saturated heterocycles. The van der Waals surface area contributed by atoms with Gasteiger partial charge in [-0.2, -0.15) is 0 Å². The van der Waals surface area contributed by atoms with Crippen molar-refractivity contribution in [1.29, 1.82) is 0 Å². The van der Waals surface area contributed by atoms with Gasteiger partial charge in [-0.3, -0.25) is 9.69 Å². The van der Waals surface area contributed by atoms with Gasteiger partial charge in [-0.25, -0.2) is 0 Å². The third kappa shape index (κ3) is 5.59. The van der Waals surface area contributed by atoms with Crippen LogP contribution in [0.1, 0.15) is 34.6 Å². The predicted molar refractivity (Wildman–Crippen MR) is 100 cm³/mol. The summed E-state index contributed by atoms with van der Waals surface area (Å²) in [6, 6.07) is 7.15.